The van der Waals surface area contributed by atoms with Crippen molar-refractivity contribution in [2.75, 3.05) is 12.0 Å². The average molecular weight is 327 g/mol. The fourth-order valence-electron chi connectivity index (χ4n) is 3.41. The molecule has 0 bridgehead atoms. The highest BCUT2D eigenvalue weighted by Gasteiger charge is 2.53. The van der Waals surface area contributed by atoms with Crippen molar-refractivity contribution in [2.45, 2.75) is 37.3 Å². The van der Waals surface area contributed by atoms with E-state index in [0.29, 0.717) is 17.9 Å². The van der Waals surface area contributed by atoms with Crippen LogP contribution in [0.3, 0.4) is 0 Å². The van der Waals surface area contributed by atoms with E-state index in [2.05, 4.69) is 29.6 Å². The van der Waals surface area contributed by atoms with E-state index in [9.17, 15) is 4.79 Å². The Hall–Kier alpha value is -0.710. The molecule has 3 rings (SSSR count). The second kappa shape index (κ2) is 7.03. The van der Waals surface area contributed by atoms with Crippen molar-refractivity contribution in [3.63, 3.8) is 0 Å². The van der Waals surface area contributed by atoms with Gasteiger partial charge < -0.3 is 11.1 Å². The van der Waals surface area contributed by atoms with Crippen LogP contribution in [-0.2, 0) is 11.2 Å². The molecule has 3 nitrogen and oxygen atoms in total. The van der Waals surface area contributed by atoms with E-state index >= 15 is 0 Å². The zero-order valence-corrected chi connectivity index (χ0v) is 13.9. The summed E-state index contributed by atoms with van der Waals surface area (Å²) < 4.78 is 0. The number of carbonyl (C=O) groups is 1. The molecule has 0 aliphatic heterocycles. The summed E-state index contributed by atoms with van der Waals surface area (Å²) in [5.74, 6) is 2.11. The number of rotatable bonds is 5. The minimum atomic E-state index is -0.361. The van der Waals surface area contributed by atoms with Crippen molar-refractivity contribution in [2.24, 2.45) is 11.7 Å². The van der Waals surface area contributed by atoms with Gasteiger partial charge in [0.15, 0.2) is 0 Å². The van der Waals surface area contributed by atoms with Crippen molar-refractivity contribution in [3.05, 3.63) is 35.4 Å². The summed E-state index contributed by atoms with van der Waals surface area (Å²) in [5, 5.41) is 3.17. The second-order valence-corrected chi connectivity index (χ2v) is 6.84. The molecule has 1 amide bonds. The van der Waals surface area contributed by atoms with Gasteiger partial charge in [0.25, 0.3) is 0 Å². The molecular weight excluding hydrogens is 304 g/mol. The number of halogens is 1. The van der Waals surface area contributed by atoms with Gasteiger partial charge in [-0.2, -0.15) is 11.8 Å². The quantitative estimate of drug-likeness (QED) is 0.873. The first-order valence-corrected chi connectivity index (χ1v) is 8.74. The average Bonchev–Trinajstić information content (AvgIpc) is 3.18. The molecule has 4 atom stereocenters. The van der Waals surface area contributed by atoms with E-state index in [4.69, 9.17) is 5.73 Å². The molecule has 0 saturated heterocycles. The molecule has 5 heteroatoms. The zero-order chi connectivity index (χ0) is 14.1. The molecule has 116 valence electrons. The lowest BCUT2D eigenvalue weighted by atomic mass is 9.92. The highest BCUT2D eigenvalue weighted by atomic mass is 35.5. The van der Waals surface area contributed by atoms with E-state index in [1.54, 1.807) is 11.8 Å². The van der Waals surface area contributed by atoms with Crippen LogP contribution in [0, 0.1) is 5.92 Å². The number of nitrogens with two attached hydrogens (primary N) is 1. The summed E-state index contributed by atoms with van der Waals surface area (Å²) >= 11 is 1.73. The standard InChI is InChI=1S/C16H22N2OS.ClH/c1-20-9-8-13(17)16(19)18-15-12-7-6-10-4-2-3-5-11(10)14(12)15;/h2-5,12-15H,6-9,17H2,1H3,(H,18,19);1H. The van der Waals surface area contributed by atoms with Crippen LogP contribution in [-0.4, -0.2) is 30.0 Å². The first-order chi connectivity index (χ1) is 9.72. The normalized spacial score (nSPS) is 26.9. The van der Waals surface area contributed by atoms with E-state index in [-0.39, 0.29) is 24.4 Å². The maximum Gasteiger partial charge on any atom is 0.237 e. The summed E-state index contributed by atoms with van der Waals surface area (Å²) in [6.45, 7) is 0. The Kier molecular flexibility index (Phi) is 5.58. The number of hydrogen-bond donors (Lipinski definition) is 2. The van der Waals surface area contributed by atoms with Crippen molar-refractivity contribution < 1.29 is 4.79 Å². The summed E-state index contributed by atoms with van der Waals surface area (Å²) in [5.41, 5.74) is 8.83. The molecule has 1 saturated carbocycles. The van der Waals surface area contributed by atoms with Gasteiger partial charge in [-0.25, -0.2) is 0 Å². The third kappa shape index (κ3) is 3.38. The van der Waals surface area contributed by atoms with Gasteiger partial charge in [0.05, 0.1) is 6.04 Å². The number of nitrogens with one attached hydrogen (secondary N) is 1. The largest absolute Gasteiger partial charge is 0.351 e. The first kappa shape index (κ1) is 16.7. The highest BCUT2D eigenvalue weighted by molar-refractivity contribution is 7.98. The summed E-state index contributed by atoms with van der Waals surface area (Å²) in [7, 11) is 0. The monoisotopic (exact) mass is 326 g/mol. The molecule has 21 heavy (non-hydrogen) atoms. The number of amides is 1. The third-order valence-electron chi connectivity index (χ3n) is 4.61. The maximum absolute atomic E-state index is 12.1. The fraction of sp³-hybridized carbons (Fsp3) is 0.562. The minimum absolute atomic E-state index is 0. The Morgan fingerprint density at radius 1 is 1.48 bits per heavy atom. The topological polar surface area (TPSA) is 55.1 Å². The van der Waals surface area contributed by atoms with Gasteiger partial charge in [-0.15, -0.1) is 12.4 Å². The van der Waals surface area contributed by atoms with Crippen LogP contribution in [0.2, 0.25) is 0 Å². The van der Waals surface area contributed by atoms with E-state index in [0.717, 1.165) is 18.6 Å². The van der Waals surface area contributed by atoms with Crippen molar-refractivity contribution in [1.29, 1.82) is 0 Å². The fourth-order valence-corrected chi connectivity index (χ4v) is 3.90. The number of thioether (sulfide) groups is 1. The minimum Gasteiger partial charge on any atom is -0.351 e. The number of hydrogen-bond acceptors (Lipinski definition) is 3. The van der Waals surface area contributed by atoms with Crippen molar-refractivity contribution in [1.82, 2.24) is 5.32 Å². The van der Waals surface area contributed by atoms with Crippen molar-refractivity contribution in [3.8, 4) is 0 Å². The van der Waals surface area contributed by atoms with Crippen LogP contribution in [0.4, 0.5) is 0 Å². The van der Waals surface area contributed by atoms with Crippen LogP contribution in [0.5, 0.6) is 0 Å². The van der Waals surface area contributed by atoms with Crippen LogP contribution >= 0.6 is 24.2 Å². The van der Waals surface area contributed by atoms with Gasteiger partial charge in [0.2, 0.25) is 5.91 Å². The predicted molar refractivity (Wildman–Crippen MR) is 91.1 cm³/mol. The molecule has 3 N–H and O–H groups in total. The lowest BCUT2D eigenvalue weighted by molar-refractivity contribution is -0.122. The lowest BCUT2D eigenvalue weighted by Gasteiger charge is -2.13. The number of carbonyl (C=O) groups excluding carboxylic acids is 1. The molecule has 0 heterocycles. The van der Waals surface area contributed by atoms with Crippen LogP contribution in [0.25, 0.3) is 0 Å². The molecule has 0 spiro atoms. The highest BCUT2D eigenvalue weighted by Crippen LogP contribution is 2.54. The van der Waals surface area contributed by atoms with Crippen LogP contribution < -0.4 is 11.1 Å². The van der Waals surface area contributed by atoms with E-state index in [1.165, 1.54) is 17.5 Å². The maximum atomic E-state index is 12.1. The second-order valence-electron chi connectivity index (χ2n) is 5.85. The number of benzene rings is 1. The van der Waals surface area contributed by atoms with Gasteiger partial charge in [0, 0.05) is 12.0 Å². The van der Waals surface area contributed by atoms with E-state index < -0.39 is 0 Å². The molecule has 1 aromatic rings. The summed E-state index contributed by atoms with van der Waals surface area (Å²) in [4.78, 5) is 12.1. The Balaban J connectivity index is 0.00000161. The van der Waals surface area contributed by atoms with Gasteiger partial charge >= 0.3 is 0 Å². The molecule has 2 aliphatic rings. The van der Waals surface area contributed by atoms with Crippen LogP contribution in [0.15, 0.2) is 24.3 Å². The Bertz CT molecular complexity index is 511. The SMILES string of the molecule is CSCCC(N)C(=O)NC1C2CCc3ccccc3C21.Cl. The smallest absolute Gasteiger partial charge is 0.237 e. The Labute approximate surface area is 136 Å². The van der Waals surface area contributed by atoms with E-state index in [1.807, 2.05) is 6.26 Å². The van der Waals surface area contributed by atoms with Gasteiger partial charge in [-0.1, -0.05) is 24.3 Å². The lowest BCUT2D eigenvalue weighted by Crippen LogP contribution is -2.42. The van der Waals surface area contributed by atoms with Crippen LogP contribution in [0.1, 0.15) is 29.9 Å². The Morgan fingerprint density at radius 3 is 3.00 bits per heavy atom. The molecule has 0 aromatic heterocycles. The molecule has 4 unspecified atom stereocenters. The van der Waals surface area contributed by atoms with Gasteiger partial charge in [-0.05, 0) is 48.3 Å². The molecule has 0 radical (unpaired) electrons. The predicted octanol–water partition coefficient (Wildman–Crippen LogP) is 2.33. The van der Waals surface area contributed by atoms with Gasteiger partial charge in [0.1, 0.15) is 0 Å². The number of fused-ring (bicyclic) bond motifs is 3. The molecular formula is C16H23ClN2OS. The number of aryl methyl sites for hydroxylation is 1. The third-order valence-corrected chi connectivity index (χ3v) is 5.25. The summed E-state index contributed by atoms with van der Waals surface area (Å²) in [6.07, 6.45) is 5.12. The summed E-state index contributed by atoms with van der Waals surface area (Å²) in [6, 6.07) is 8.58. The molecule has 1 fully saturated rings. The van der Waals surface area contributed by atoms with Crippen molar-refractivity contribution >= 4 is 30.1 Å². The first-order valence-electron chi connectivity index (χ1n) is 7.35. The van der Waals surface area contributed by atoms with Gasteiger partial charge in [-0.3, -0.25) is 4.79 Å². The molecule has 2 aliphatic carbocycles. The molecule has 1 aromatic carbocycles. The zero-order valence-electron chi connectivity index (χ0n) is 12.2. The Morgan fingerprint density at radius 2 is 2.24 bits per heavy atom.